The van der Waals surface area contributed by atoms with E-state index in [1.54, 1.807) is 33.8 Å². The topological polar surface area (TPSA) is 119 Å². The molecule has 0 spiro atoms. The Kier molecular flexibility index (Phi) is 7.43. The zero-order valence-electron chi connectivity index (χ0n) is 21.7. The second-order valence-electron chi connectivity index (χ2n) is 9.61. The van der Waals surface area contributed by atoms with Gasteiger partial charge in [0, 0.05) is 25.2 Å². The molecule has 0 aliphatic carbocycles. The summed E-state index contributed by atoms with van der Waals surface area (Å²) in [6, 6.07) is 8.46. The summed E-state index contributed by atoms with van der Waals surface area (Å²) in [5, 5.41) is 7.82. The number of nitrogens with two attached hydrogens (primary N) is 1. The largest absolute Gasteiger partial charge is 0.416 e. The van der Waals surface area contributed by atoms with E-state index >= 15 is 0 Å². The molecule has 1 unspecified atom stereocenters. The van der Waals surface area contributed by atoms with Crippen LogP contribution in [-0.2, 0) is 17.5 Å². The van der Waals surface area contributed by atoms with E-state index in [9.17, 15) is 27.2 Å². The number of nitrogens with one attached hydrogen (secondary N) is 1. The van der Waals surface area contributed by atoms with Crippen LogP contribution in [0.25, 0.3) is 22.3 Å². The molecule has 4 aromatic rings. The van der Waals surface area contributed by atoms with Crippen LogP contribution in [0.5, 0.6) is 0 Å². The Morgan fingerprint density at radius 2 is 1.90 bits per heavy atom. The molecule has 2 aromatic heterocycles. The number of carbonyl (C=O) groups excluding carboxylic acids is 2. The number of nitrogen functional groups attached to an aromatic ring is 1. The number of hydrogen-bond donors (Lipinski definition) is 2. The van der Waals surface area contributed by atoms with Crippen LogP contribution in [0.3, 0.4) is 0 Å². The number of aromatic nitrogens is 4. The summed E-state index contributed by atoms with van der Waals surface area (Å²) >= 11 is 0. The highest BCUT2D eigenvalue weighted by atomic mass is 19.4. The van der Waals surface area contributed by atoms with Gasteiger partial charge >= 0.3 is 6.18 Å². The summed E-state index contributed by atoms with van der Waals surface area (Å²) < 4.78 is 54.8. The Labute approximate surface area is 231 Å². The van der Waals surface area contributed by atoms with E-state index in [-0.39, 0.29) is 24.3 Å². The monoisotopic (exact) mass is 567 g/mol. The molecule has 9 nitrogen and oxygen atoms in total. The molecule has 1 saturated heterocycles. The highest BCUT2D eigenvalue weighted by molar-refractivity contribution is 5.98. The maximum Gasteiger partial charge on any atom is 0.416 e. The molecule has 1 aliphatic heterocycles. The second-order valence-corrected chi connectivity index (χ2v) is 9.61. The number of benzene rings is 2. The van der Waals surface area contributed by atoms with Crippen LogP contribution in [0.2, 0.25) is 0 Å². The number of hydrogen-bond acceptors (Lipinski definition) is 6. The van der Waals surface area contributed by atoms with Gasteiger partial charge in [-0.1, -0.05) is 30.8 Å². The van der Waals surface area contributed by atoms with Crippen molar-refractivity contribution >= 4 is 28.7 Å². The lowest BCUT2D eigenvalue weighted by molar-refractivity contribution is -0.137. The van der Waals surface area contributed by atoms with Gasteiger partial charge in [0.05, 0.1) is 22.6 Å². The van der Waals surface area contributed by atoms with E-state index in [0.717, 1.165) is 12.8 Å². The van der Waals surface area contributed by atoms with Crippen LogP contribution in [-0.4, -0.2) is 49.6 Å². The fraction of sp³-hybridized carbons (Fsp3) is 0.250. The minimum atomic E-state index is -4.70. The minimum absolute atomic E-state index is 0.0511. The summed E-state index contributed by atoms with van der Waals surface area (Å²) in [5.74, 6) is -1.93. The van der Waals surface area contributed by atoms with Crippen molar-refractivity contribution < 1.29 is 27.2 Å². The first-order chi connectivity index (χ1) is 19.6. The van der Waals surface area contributed by atoms with E-state index in [1.165, 1.54) is 12.4 Å². The van der Waals surface area contributed by atoms with Gasteiger partial charge in [0.25, 0.3) is 5.91 Å². The lowest BCUT2D eigenvalue weighted by atomic mass is 10.1. The molecule has 41 heavy (non-hydrogen) atoms. The summed E-state index contributed by atoms with van der Waals surface area (Å²) in [6.45, 7) is 4.59. The molecular weight excluding hydrogens is 542 g/mol. The Morgan fingerprint density at radius 1 is 1.15 bits per heavy atom. The Bertz CT molecular complexity index is 1630. The SMILES string of the molecule is C=CC(=O)N1CCCC(n2nc(-c3ccc(CNC(=O)c4cc(C(F)(F)F)ccc4F)cc3)c3c(N)ncnc32)C1. The number of nitrogens with zero attached hydrogens (tertiary/aromatic N) is 5. The molecule has 212 valence electrons. The molecular formula is C28H25F4N7O2. The number of anilines is 1. The van der Waals surface area contributed by atoms with Gasteiger partial charge in [-0.05, 0) is 42.7 Å². The van der Waals surface area contributed by atoms with Crippen LogP contribution >= 0.6 is 0 Å². The molecule has 1 atom stereocenters. The molecule has 3 heterocycles. The van der Waals surface area contributed by atoms with Gasteiger partial charge in [-0.15, -0.1) is 0 Å². The van der Waals surface area contributed by atoms with Crippen LogP contribution in [0.4, 0.5) is 23.4 Å². The summed E-state index contributed by atoms with van der Waals surface area (Å²) in [6.07, 6.45) is -0.495. The number of carbonyl (C=O) groups is 2. The van der Waals surface area contributed by atoms with Crippen molar-refractivity contribution in [3.8, 4) is 11.3 Å². The third kappa shape index (κ3) is 5.60. The normalized spacial score (nSPS) is 15.6. The van der Waals surface area contributed by atoms with Crippen LogP contribution in [0, 0.1) is 5.82 Å². The quantitative estimate of drug-likeness (QED) is 0.261. The second kappa shape index (κ2) is 11.0. The van der Waals surface area contributed by atoms with Crippen LogP contribution in [0.15, 0.2) is 61.4 Å². The van der Waals surface area contributed by atoms with Gasteiger partial charge in [0.1, 0.15) is 23.7 Å². The lowest BCUT2D eigenvalue weighted by Crippen LogP contribution is -2.40. The average Bonchev–Trinajstić information content (AvgIpc) is 3.36. The number of halogens is 4. The van der Waals surface area contributed by atoms with E-state index < -0.39 is 29.0 Å². The molecule has 2 aromatic carbocycles. The maximum absolute atomic E-state index is 14.1. The first-order valence-corrected chi connectivity index (χ1v) is 12.7. The summed E-state index contributed by atoms with van der Waals surface area (Å²) in [7, 11) is 0. The number of likely N-dealkylation sites (tertiary alicyclic amines) is 1. The number of rotatable bonds is 6. The highest BCUT2D eigenvalue weighted by Crippen LogP contribution is 2.34. The van der Waals surface area contributed by atoms with E-state index in [0.29, 0.717) is 59.1 Å². The van der Waals surface area contributed by atoms with Crippen molar-refractivity contribution in [3.05, 3.63) is 84.0 Å². The number of alkyl halides is 3. The third-order valence-electron chi connectivity index (χ3n) is 6.97. The number of amides is 2. The Morgan fingerprint density at radius 3 is 2.61 bits per heavy atom. The smallest absolute Gasteiger partial charge is 0.383 e. The van der Waals surface area contributed by atoms with Gasteiger partial charge in [-0.2, -0.15) is 18.3 Å². The first-order valence-electron chi connectivity index (χ1n) is 12.7. The van der Waals surface area contributed by atoms with Gasteiger partial charge in [0.15, 0.2) is 5.65 Å². The van der Waals surface area contributed by atoms with Crippen LogP contribution < -0.4 is 11.1 Å². The van der Waals surface area contributed by atoms with E-state index in [4.69, 9.17) is 10.8 Å². The standard InChI is InChI=1S/C28H25F4N7O2/c1-2-22(40)38-11-3-4-19(14-38)39-26-23(25(33)35-15-36-26)24(37-39)17-7-5-16(6-8-17)13-34-27(41)20-12-18(28(30,31)32)9-10-21(20)29/h2,5-10,12,15,19H,1,3-4,11,13-14H2,(H,34,41)(H2,33,35,36). The van der Waals surface area contributed by atoms with Crippen molar-refractivity contribution in [2.24, 2.45) is 0 Å². The summed E-state index contributed by atoms with van der Waals surface area (Å²) in [5.41, 5.74) is 6.78. The predicted molar refractivity (Wildman–Crippen MR) is 143 cm³/mol. The fourth-order valence-electron chi connectivity index (χ4n) is 4.87. The molecule has 0 saturated carbocycles. The molecule has 1 aliphatic rings. The lowest BCUT2D eigenvalue weighted by Gasteiger charge is -2.32. The van der Waals surface area contributed by atoms with Gasteiger partial charge in [-0.3, -0.25) is 9.59 Å². The van der Waals surface area contributed by atoms with Gasteiger partial charge in [0.2, 0.25) is 5.91 Å². The molecule has 3 N–H and O–H groups in total. The first kappa shape index (κ1) is 27.7. The zero-order chi connectivity index (χ0) is 29.3. The molecule has 0 bridgehead atoms. The van der Waals surface area contributed by atoms with Gasteiger partial charge < -0.3 is 16.0 Å². The van der Waals surface area contributed by atoms with Crippen molar-refractivity contribution in [3.63, 3.8) is 0 Å². The van der Waals surface area contributed by atoms with E-state index in [1.807, 2.05) is 0 Å². The maximum atomic E-state index is 14.1. The molecule has 2 amide bonds. The zero-order valence-corrected chi connectivity index (χ0v) is 21.7. The predicted octanol–water partition coefficient (Wildman–Crippen LogP) is 4.51. The Balaban J connectivity index is 1.37. The number of fused-ring (bicyclic) bond motifs is 1. The van der Waals surface area contributed by atoms with Crippen molar-refractivity contribution in [2.75, 3.05) is 18.8 Å². The average molecular weight is 568 g/mol. The van der Waals surface area contributed by atoms with Crippen molar-refractivity contribution in [1.29, 1.82) is 0 Å². The summed E-state index contributed by atoms with van der Waals surface area (Å²) in [4.78, 5) is 34.9. The van der Waals surface area contributed by atoms with Gasteiger partial charge in [-0.25, -0.2) is 19.0 Å². The molecule has 5 rings (SSSR count). The van der Waals surface area contributed by atoms with E-state index in [2.05, 4.69) is 21.9 Å². The Hall–Kier alpha value is -4.81. The van der Waals surface area contributed by atoms with Crippen molar-refractivity contribution in [1.82, 2.24) is 30.0 Å². The third-order valence-corrected chi connectivity index (χ3v) is 6.97. The molecule has 0 radical (unpaired) electrons. The minimum Gasteiger partial charge on any atom is -0.383 e. The highest BCUT2D eigenvalue weighted by Gasteiger charge is 2.32. The number of piperidine rings is 1. The molecule has 1 fully saturated rings. The van der Waals surface area contributed by atoms with Crippen molar-refractivity contribution in [2.45, 2.75) is 31.6 Å². The van der Waals surface area contributed by atoms with Crippen LogP contribution in [0.1, 0.15) is 40.4 Å². The molecule has 13 heteroatoms. The fourth-order valence-corrected chi connectivity index (χ4v) is 4.87.